The van der Waals surface area contributed by atoms with Gasteiger partial charge in [0, 0.05) is 0 Å². The van der Waals surface area contributed by atoms with Crippen LogP contribution in [0.4, 0.5) is 50.3 Å². The van der Waals surface area contributed by atoms with Crippen molar-refractivity contribution in [3.8, 4) is 11.5 Å². The van der Waals surface area contributed by atoms with Crippen LogP contribution in [-0.4, -0.2) is 57.9 Å². The molecular formula is C33H22N8Na4O15S4. The van der Waals surface area contributed by atoms with E-state index in [4.69, 9.17) is 11.5 Å². The predicted octanol–water partition coefficient (Wildman–Crippen LogP) is -6.87. The zero-order chi connectivity index (χ0) is 43.8. The maximum absolute atomic E-state index is 13.5. The van der Waals surface area contributed by atoms with Gasteiger partial charge in [-0.3, -0.25) is 0 Å². The number of fused-ring (bicyclic) bond motifs is 2. The molecule has 312 valence electrons. The first kappa shape index (κ1) is 57.3. The van der Waals surface area contributed by atoms with E-state index in [1.807, 2.05) is 0 Å². The van der Waals surface area contributed by atoms with Gasteiger partial charge < -0.3 is 48.7 Å². The summed E-state index contributed by atoms with van der Waals surface area (Å²) < 4.78 is 152. The van der Waals surface area contributed by atoms with Crippen molar-refractivity contribution in [3.63, 3.8) is 0 Å². The molecule has 0 aliphatic carbocycles. The fraction of sp³-hybridized carbons (Fsp3) is 0. The van der Waals surface area contributed by atoms with E-state index in [2.05, 4.69) is 39.5 Å². The molecule has 0 saturated carbocycles. The van der Waals surface area contributed by atoms with E-state index in [1.165, 1.54) is 48.5 Å². The molecule has 6 aromatic carbocycles. The zero-order valence-corrected chi connectivity index (χ0v) is 44.7. The molecule has 0 bridgehead atoms. The summed E-state index contributed by atoms with van der Waals surface area (Å²) in [5, 5.41) is 20.1. The molecule has 0 saturated heterocycles. The number of rotatable bonds is 12. The molecule has 0 radical (unpaired) electrons. The van der Waals surface area contributed by atoms with E-state index < -0.39 is 91.1 Å². The maximum Gasteiger partial charge on any atom is 1.00 e. The molecule has 31 heteroatoms. The Morgan fingerprint density at radius 2 is 0.797 bits per heavy atom. The average molecular weight is 991 g/mol. The van der Waals surface area contributed by atoms with Crippen molar-refractivity contribution >= 4 is 114 Å². The van der Waals surface area contributed by atoms with Crippen LogP contribution in [0.15, 0.2) is 127 Å². The van der Waals surface area contributed by atoms with Crippen molar-refractivity contribution < 1.29 is 183 Å². The SMILES string of the molecule is Nc1ccc2cccc(OS(=O)(=O)[O-])c2c1N=Nc1c(NC(=O)Nc2cccc(S(=O)(=O)[O-])c2N=Nc2c(N)ccc3cccc(OS(=O)(=O)[O-])c23)cccc1S(=O)(=O)[O-].[Na+].[Na+].[Na+].[Na+]. The van der Waals surface area contributed by atoms with E-state index in [9.17, 15) is 56.7 Å². The van der Waals surface area contributed by atoms with Crippen molar-refractivity contribution in [3.05, 3.63) is 97.1 Å². The topological polar surface area (TPSA) is 390 Å². The van der Waals surface area contributed by atoms with Gasteiger partial charge in [0.1, 0.15) is 43.0 Å². The zero-order valence-electron chi connectivity index (χ0n) is 33.4. The average Bonchev–Trinajstić information content (AvgIpc) is 3.13. The van der Waals surface area contributed by atoms with Crippen LogP contribution in [0.2, 0.25) is 0 Å². The summed E-state index contributed by atoms with van der Waals surface area (Å²) in [6.45, 7) is 0. The van der Waals surface area contributed by atoms with Gasteiger partial charge in [-0.05, 0) is 59.3 Å². The Morgan fingerprint density at radius 1 is 0.469 bits per heavy atom. The summed E-state index contributed by atoms with van der Waals surface area (Å²) in [5.41, 5.74) is 8.40. The second-order valence-electron chi connectivity index (χ2n) is 11.9. The summed E-state index contributed by atoms with van der Waals surface area (Å²) in [6.07, 6.45) is 0. The van der Waals surface area contributed by atoms with Crippen molar-refractivity contribution in [1.29, 1.82) is 0 Å². The fourth-order valence-electron chi connectivity index (χ4n) is 5.59. The van der Waals surface area contributed by atoms with Gasteiger partial charge in [-0.15, -0.1) is 20.5 Å². The molecule has 23 nitrogen and oxygen atoms in total. The molecule has 0 atom stereocenters. The second kappa shape index (κ2) is 22.8. The van der Waals surface area contributed by atoms with Gasteiger partial charge in [0.2, 0.25) is 0 Å². The van der Waals surface area contributed by atoms with Crippen LogP contribution < -0.4 is 149 Å². The van der Waals surface area contributed by atoms with E-state index in [1.54, 1.807) is 0 Å². The Kier molecular flexibility index (Phi) is 20.4. The molecule has 0 aromatic heterocycles. The van der Waals surface area contributed by atoms with Crippen molar-refractivity contribution in [2.75, 3.05) is 22.1 Å². The van der Waals surface area contributed by atoms with E-state index in [-0.39, 0.29) is 163 Å². The molecule has 0 spiro atoms. The number of benzene rings is 6. The number of carbonyl (C=O) groups is 1. The van der Waals surface area contributed by atoms with E-state index in [0.717, 1.165) is 48.5 Å². The van der Waals surface area contributed by atoms with Gasteiger partial charge >= 0.3 is 124 Å². The summed E-state index contributed by atoms with van der Waals surface area (Å²) in [4.78, 5) is 11.4. The summed E-state index contributed by atoms with van der Waals surface area (Å²) in [5.74, 6) is -1.07. The third kappa shape index (κ3) is 14.1. The molecule has 0 aliphatic heterocycles. The molecule has 0 aliphatic rings. The minimum Gasteiger partial charge on any atom is -0.744 e. The summed E-state index contributed by atoms with van der Waals surface area (Å²) >= 11 is 0. The standard InChI is InChI=1S/C33H26N8O15S4.4Na/c34-19-15-13-17-5-1-9-23(55-59(49,50)51)27(17)29(19)38-40-31-21(7-3-11-25(31)57(43,44)45)36-33(42)37-22-8-4-12-26(58(46,47)48)32(22)41-39-30-20(35)16-14-18-6-2-10-24(28(18)30)56-60(52,53)54;;;;/h1-16H,34-35H2,(H2,36,37,42)(H,43,44,45)(H,46,47,48)(H,49,50,51)(H,52,53,54);;;;/q;4*+1/p-4. The van der Waals surface area contributed by atoms with Gasteiger partial charge in [-0.1, -0.05) is 48.5 Å². The first-order chi connectivity index (χ1) is 28.0. The van der Waals surface area contributed by atoms with Gasteiger partial charge in [0.25, 0.3) is 20.8 Å². The largest absolute Gasteiger partial charge is 1.00 e. The second-order valence-corrected chi connectivity index (χ2v) is 16.6. The Bertz CT molecular complexity index is 3080. The Morgan fingerprint density at radius 3 is 1.12 bits per heavy atom. The smallest absolute Gasteiger partial charge is 0.744 e. The monoisotopic (exact) mass is 990 g/mol. The predicted molar refractivity (Wildman–Crippen MR) is 207 cm³/mol. The molecule has 0 fully saturated rings. The van der Waals surface area contributed by atoms with E-state index >= 15 is 0 Å². The first-order valence-electron chi connectivity index (χ1n) is 16.0. The number of urea groups is 1. The van der Waals surface area contributed by atoms with Crippen LogP contribution in [0.3, 0.4) is 0 Å². The minimum atomic E-state index is -5.39. The van der Waals surface area contributed by atoms with Crippen molar-refractivity contribution in [1.82, 2.24) is 0 Å². The number of nitrogen functional groups attached to an aromatic ring is 2. The number of nitrogens with zero attached hydrogens (tertiary/aromatic N) is 4. The number of nitrogens with two attached hydrogens (primary N) is 2. The van der Waals surface area contributed by atoms with Crippen LogP contribution in [0, 0.1) is 0 Å². The van der Waals surface area contributed by atoms with Crippen molar-refractivity contribution in [2.45, 2.75) is 9.79 Å². The van der Waals surface area contributed by atoms with Crippen LogP contribution in [0.5, 0.6) is 11.5 Å². The molecule has 64 heavy (non-hydrogen) atoms. The summed E-state index contributed by atoms with van der Waals surface area (Å²) in [6, 6.07) is 17.7. The van der Waals surface area contributed by atoms with Crippen LogP contribution >= 0.6 is 0 Å². The van der Waals surface area contributed by atoms with Crippen LogP contribution in [-0.2, 0) is 41.0 Å². The normalized spacial score (nSPS) is 11.8. The number of anilines is 4. The number of hydrogen-bond donors (Lipinski definition) is 4. The number of amides is 2. The van der Waals surface area contributed by atoms with Gasteiger partial charge in [-0.2, -0.15) is 0 Å². The Hall–Kier alpha value is -2.85. The molecular weight excluding hydrogens is 969 g/mol. The molecule has 2 amide bonds. The van der Waals surface area contributed by atoms with Gasteiger partial charge in [0.15, 0.2) is 11.5 Å². The van der Waals surface area contributed by atoms with Gasteiger partial charge in [0.05, 0.1) is 43.3 Å². The molecule has 0 unspecified atom stereocenters. The number of azo groups is 2. The molecule has 0 heterocycles. The van der Waals surface area contributed by atoms with Crippen LogP contribution in [0.1, 0.15) is 0 Å². The quantitative estimate of drug-likeness (QED) is 0.0291. The van der Waals surface area contributed by atoms with Crippen LogP contribution in [0.25, 0.3) is 21.5 Å². The number of carbonyl (C=O) groups excluding carboxylic acids is 1. The maximum atomic E-state index is 13.5. The minimum absolute atomic E-state index is 0. The Balaban J connectivity index is 0.00000352. The third-order valence-corrected chi connectivity index (χ3v) is 10.4. The van der Waals surface area contributed by atoms with Gasteiger partial charge in [-0.25, -0.2) is 38.5 Å². The fourth-order valence-corrected chi connectivity index (χ4v) is 7.58. The molecule has 6 aromatic rings. The Labute approximate surface area is 452 Å². The summed E-state index contributed by atoms with van der Waals surface area (Å²) in [7, 11) is -21.4. The first-order valence-corrected chi connectivity index (χ1v) is 21.5. The number of nitrogens with one attached hydrogen (secondary N) is 2. The molecule has 6 N–H and O–H groups in total. The van der Waals surface area contributed by atoms with Crippen molar-refractivity contribution in [2.24, 2.45) is 20.5 Å². The number of hydrogen-bond acceptors (Lipinski definition) is 21. The van der Waals surface area contributed by atoms with E-state index in [0.29, 0.717) is 0 Å². The molecule has 6 rings (SSSR count). The third-order valence-electron chi connectivity index (χ3n) is 7.94.